The van der Waals surface area contributed by atoms with E-state index >= 15 is 0 Å². The van der Waals surface area contributed by atoms with Gasteiger partial charge in [-0.15, -0.1) is 0 Å². The summed E-state index contributed by atoms with van der Waals surface area (Å²) in [5.41, 5.74) is 6.62. The van der Waals surface area contributed by atoms with Crippen molar-refractivity contribution in [1.29, 1.82) is 0 Å². The smallest absolute Gasteiger partial charge is 0.335 e. The number of aryl methyl sites for hydroxylation is 2. The maximum atomic E-state index is 11.3. The standard InChI is InChI=1S/C30H37NO4.2C2H6/c1-21-11-12-23(18-28(21)34-5)19-30(3,4)31-15-8-16-35-20-25-9-6-7-10-27(25)24-13-14-26(29(32)33)22(2)17-24;2*1-2/h6-7,9-14,17-18,31H,8,15-16,19-20H2,1-5H3,(H,32,33);2*1-2H3. The maximum Gasteiger partial charge on any atom is 0.335 e. The minimum atomic E-state index is -0.902. The number of methoxy groups -OCH3 is 1. The third-order valence-corrected chi connectivity index (χ3v) is 6.23. The van der Waals surface area contributed by atoms with Crippen LogP contribution >= 0.6 is 0 Å². The molecule has 3 rings (SSSR count). The molecule has 0 amide bonds. The number of carboxylic acid groups (broad SMARTS) is 1. The van der Waals surface area contributed by atoms with Crippen LogP contribution in [0.4, 0.5) is 0 Å². The number of hydrogen-bond donors (Lipinski definition) is 2. The summed E-state index contributed by atoms with van der Waals surface area (Å²) in [6, 6.07) is 20.0. The van der Waals surface area contributed by atoms with Crippen molar-refractivity contribution in [2.45, 2.75) is 80.4 Å². The first-order chi connectivity index (χ1) is 18.7. The normalized spacial score (nSPS) is 10.6. The first-order valence-electron chi connectivity index (χ1n) is 14.1. The lowest BCUT2D eigenvalue weighted by Gasteiger charge is -2.27. The van der Waals surface area contributed by atoms with Gasteiger partial charge in [0.25, 0.3) is 0 Å². The second-order valence-electron chi connectivity index (χ2n) is 9.69. The van der Waals surface area contributed by atoms with Crippen molar-refractivity contribution in [3.8, 4) is 16.9 Å². The molecule has 0 fully saturated rings. The summed E-state index contributed by atoms with van der Waals surface area (Å²) >= 11 is 0. The molecule has 0 aliphatic heterocycles. The molecule has 0 aliphatic carbocycles. The van der Waals surface area contributed by atoms with Crippen LogP contribution in [0.15, 0.2) is 60.7 Å². The van der Waals surface area contributed by atoms with Gasteiger partial charge in [-0.2, -0.15) is 0 Å². The minimum Gasteiger partial charge on any atom is -0.496 e. The molecule has 0 aliphatic rings. The Morgan fingerprint density at radius 2 is 1.62 bits per heavy atom. The van der Waals surface area contributed by atoms with Crippen LogP contribution in [0.25, 0.3) is 11.1 Å². The highest BCUT2D eigenvalue weighted by atomic mass is 16.5. The van der Waals surface area contributed by atoms with E-state index in [2.05, 4.69) is 56.4 Å². The molecule has 0 spiro atoms. The molecule has 0 atom stereocenters. The number of hydrogen-bond acceptors (Lipinski definition) is 4. The summed E-state index contributed by atoms with van der Waals surface area (Å²) in [5.74, 6) is 0.0287. The largest absolute Gasteiger partial charge is 0.496 e. The summed E-state index contributed by atoms with van der Waals surface area (Å²) in [4.78, 5) is 11.3. The molecule has 39 heavy (non-hydrogen) atoms. The van der Waals surface area contributed by atoms with Gasteiger partial charge < -0.3 is 19.9 Å². The molecular formula is C34H49NO4. The summed E-state index contributed by atoms with van der Waals surface area (Å²) in [5, 5.41) is 12.9. The Morgan fingerprint density at radius 3 is 2.26 bits per heavy atom. The fourth-order valence-corrected chi connectivity index (χ4v) is 4.33. The lowest BCUT2D eigenvalue weighted by atomic mass is 9.94. The minimum absolute atomic E-state index is 0.0349. The van der Waals surface area contributed by atoms with Gasteiger partial charge >= 0.3 is 5.97 Å². The Balaban J connectivity index is 0.00000181. The van der Waals surface area contributed by atoms with Crippen molar-refractivity contribution in [2.75, 3.05) is 20.3 Å². The molecule has 0 saturated carbocycles. The van der Waals surface area contributed by atoms with Crippen molar-refractivity contribution in [1.82, 2.24) is 5.32 Å². The number of benzene rings is 3. The van der Waals surface area contributed by atoms with Crippen molar-refractivity contribution >= 4 is 5.97 Å². The van der Waals surface area contributed by atoms with E-state index in [9.17, 15) is 9.90 Å². The SMILES string of the molecule is CC.CC.COc1cc(CC(C)(C)NCCCOCc2ccccc2-c2ccc(C(=O)O)c(C)c2)ccc1C. The van der Waals surface area contributed by atoms with Gasteiger partial charge in [-0.05, 0) is 92.6 Å². The Kier molecular flexibility index (Phi) is 15.1. The van der Waals surface area contributed by atoms with Crippen LogP contribution in [0.1, 0.15) is 80.6 Å². The Hall–Kier alpha value is -3.15. The summed E-state index contributed by atoms with van der Waals surface area (Å²) in [6.45, 7) is 18.4. The predicted octanol–water partition coefficient (Wildman–Crippen LogP) is 8.25. The Bertz CT molecular complexity index is 1150. The number of carbonyl (C=O) groups is 1. The van der Waals surface area contributed by atoms with E-state index in [0.29, 0.717) is 18.8 Å². The number of ether oxygens (including phenoxy) is 2. The fraction of sp³-hybridized carbons (Fsp3) is 0.441. The van der Waals surface area contributed by atoms with E-state index in [1.54, 1.807) is 13.2 Å². The Labute approximate surface area is 236 Å². The molecule has 5 nitrogen and oxygen atoms in total. The van der Waals surface area contributed by atoms with Gasteiger partial charge in [0, 0.05) is 12.1 Å². The molecule has 0 aromatic heterocycles. The molecule has 0 radical (unpaired) electrons. The topological polar surface area (TPSA) is 67.8 Å². The van der Waals surface area contributed by atoms with Gasteiger partial charge in [0.15, 0.2) is 0 Å². The first kappa shape index (κ1) is 33.9. The second-order valence-corrected chi connectivity index (χ2v) is 9.69. The van der Waals surface area contributed by atoms with Crippen LogP contribution in [-0.4, -0.2) is 36.9 Å². The van der Waals surface area contributed by atoms with Crippen LogP contribution in [0.5, 0.6) is 5.75 Å². The summed E-state index contributed by atoms with van der Waals surface area (Å²) in [6.07, 6.45) is 1.83. The average molecular weight is 536 g/mol. The zero-order valence-corrected chi connectivity index (χ0v) is 25.5. The first-order valence-corrected chi connectivity index (χ1v) is 14.1. The van der Waals surface area contributed by atoms with Crippen molar-refractivity contribution in [3.05, 3.63) is 88.5 Å². The molecule has 0 heterocycles. The molecule has 0 unspecified atom stereocenters. The van der Waals surface area contributed by atoms with E-state index in [0.717, 1.165) is 53.0 Å². The molecule has 214 valence electrons. The second kappa shape index (κ2) is 17.4. The predicted molar refractivity (Wildman–Crippen MR) is 164 cm³/mol. The molecule has 0 bridgehead atoms. The van der Waals surface area contributed by atoms with E-state index in [-0.39, 0.29) is 5.54 Å². The van der Waals surface area contributed by atoms with Crippen LogP contribution in [0.2, 0.25) is 0 Å². The van der Waals surface area contributed by atoms with Crippen molar-refractivity contribution in [3.63, 3.8) is 0 Å². The van der Waals surface area contributed by atoms with Crippen LogP contribution in [-0.2, 0) is 17.8 Å². The lowest BCUT2D eigenvalue weighted by molar-refractivity contribution is 0.0696. The molecule has 5 heteroatoms. The maximum absolute atomic E-state index is 11.3. The number of nitrogens with one attached hydrogen (secondary N) is 1. The van der Waals surface area contributed by atoms with Gasteiger partial charge in [0.05, 0.1) is 19.3 Å². The number of aromatic carboxylic acids is 1. The summed E-state index contributed by atoms with van der Waals surface area (Å²) < 4.78 is 11.5. The van der Waals surface area contributed by atoms with Crippen molar-refractivity contribution < 1.29 is 19.4 Å². The number of carboxylic acids is 1. The van der Waals surface area contributed by atoms with E-state index in [1.807, 2.05) is 58.9 Å². The zero-order chi connectivity index (χ0) is 29.4. The van der Waals surface area contributed by atoms with Crippen LogP contribution in [0.3, 0.4) is 0 Å². The van der Waals surface area contributed by atoms with Crippen LogP contribution < -0.4 is 10.1 Å². The van der Waals surface area contributed by atoms with Crippen molar-refractivity contribution in [2.24, 2.45) is 0 Å². The monoisotopic (exact) mass is 535 g/mol. The molecule has 0 saturated heterocycles. The van der Waals surface area contributed by atoms with Gasteiger partial charge in [-0.25, -0.2) is 4.79 Å². The highest BCUT2D eigenvalue weighted by molar-refractivity contribution is 5.90. The highest BCUT2D eigenvalue weighted by Gasteiger charge is 2.18. The van der Waals surface area contributed by atoms with E-state index < -0.39 is 5.97 Å². The van der Waals surface area contributed by atoms with E-state index in [1.165, 1.54) is 5.56 Å². The fourth-order valence-electron chi connectivity index (χ4n) is 4.33. The molecule has 2 N–H and O–H groups in total. The molecular weight excluding hydrogens is 486 g/mol. The summed E-state index contributed by atoms with van der Waals surface area (Å²) in [7, 11) is 1.71. The zero-order valence-electron chi connectivity index (χ0n) is 25.5. The quantitative estimate of drug-likeness (QED) is 0.229. The van der Waals surface area contributed by atoms with Gasteiger partial charge in [0.1, 0.15) is 5.75 Å². The lowest BCUT2D eigenvalue weighted by Crippen LogP contribution is -2.42. The molecule has 3 aromatic rings. The third kappa shape index (κ3) is 10.9. The Morgan fingerprint density at radius 1 is 0.923 bits per heavy atom. The molecule has 3 aromatic carbocycles. The average Bonchev–Trinajstić information content (AvgIpc) is 2.93. The van der Waals surface area contributed by atoms with E-state index in [4.69, 9.17) is 9.47 Å². The van der Waals surface area contributed by atoms with Gasteiger partial charge in [-0.3, -0.25) is 0 Å². The van der Waals surface area contributed by atoms with Gasteiger partial charge in [0.2, 0.25) is 0 Å². The van der Waals surface area contributed by atoms with Crippen LogP contribution in [0, 0.1) is 13.8 Å². The number of rotatable bonds is 12. The van der Waals surface area contributed by atoms with Gasteiger partial charge in [-0.1, -0.05) is 76.2 Å². The highest BCUT2D eigenvalue weighted by Crippen LogP contribution is 2.27. The third-order valence-electron chi connectivity index (χ3n) is 6.23.